The number of amides is 3. The Balaban J connectivity index is 0.000000696. The number of carbonyl (C=O) groups excluding carboxylic acids is 2. The number of benzene rings is 1. The van der Waals surface area contributed by atoms with E-state index in [2.05, 4.69) is 25.7 Å². The van der Waals surface area contributed by atoms with Gasteiger partial charge >= 0.3 is 24.1 Å². The summed E-state index contributed by atoms with van der Waals surface area (Å²) in [6, 6.07) is 11.0. The van der Waals surface area contributed by atoms with E-state index in [4.69, 9.17) is 25.5 Å². The summed E-state index contributed by atoms with van der Waals surface area (Å²) in [5.41, 5.74) is 8.04. The number of nitrogens with one attached hydrogen (secondary N) is 3. The molecule has 4 rings (SSSR count). The molecule has 0 aliphatic carbocycles. The number of carbonyl (C=O) groups is 4. The second kappa shape index (κ2) is 12.4. The fraction of sp³-hybridized carbons (Fsp3) is 0.125. The Kier molecular flexibility index (Phi) is 9.02. The van der Waals surface area contributed by atoms with Crippen molar-refractivity contribution >= 4 is 46.7 Å². The van der Waals surface area contributed by atoms with E-state index in [0.29, 0.717) is 17.1 Å². The second-order valence-electron chi connectivity index (χ2n) is 8.09. The number of nitrogens with zero attached hydrogens (tertiary/aromatic N) is 4. The molecule has 0 saturated carbocycles. The van der Waals surface area contributed by atoms with Gasteiger partial charge in [-0.1, -0.05) is 18.2 Å². The first kappa shape index (κ1) is 29.8. The van der Waals surface area contributed by atoms with Gasteiger partial charge in [-0.2, -0.15) is 18.3 Å². The van der Waals surface area contributed by atoms with Crippen LogP contribution in [0.15, 0.2) is 55.0 Å². The molecule has 3 aromatic heterocycles. The first-order valence-corrected chi connectivity index (χ1v) is 11.3. The van der Waals surface area contributed by atoms with Gasteiger partial charge in [-0.25, -0.2) is 28.9 Å². The summed E-state index contributed by atoms with van der Waals surface area (Å²) in [6.45, 7) is 0.301. The number of anilines is 3. The molecular weight excluding hydrogens is 553 g/mol. The summed E-state index contributed by atoms with van der Waals surface area (Å²) >= 11 is 0. The van der Waals surface area contributed by atoms with Gasteiger partial charge in [-0.3, -0.25) is 10.1 Å². The van der Waals surface area contributed by atoms with Gasteiger partial charge in [0.2, 0.25) is 0 Å². The van der Waals surface area contributed by atoms with Crippen molar-refractivity contribution in [1.29, 1.82) is 0 Å². The molecule has 0 aliphatic heterocycles. The molecule has 17 heteroatoms. The number of carboxylic acids is 2. The first-order valence-electron chi connectivity index (χ1n) is 11.3. The predicted molar refractivity (Wildman–Crippen MR) is 138 cm³/mol. The Morgan fingerprint density at radius 2 is 1.66 bits per heavy atom. The maximum Gasteiger partial charge on any atom is 0.414 e. The summed E-state index contributed by atoms with van der Waals surface area (Å²) in [6.07, 6.45) is -2.13. The number of fused-ring (bicyclic) bond motifs is 1. The van der Waals surface area contributed by atoms with Crippen molar-refractivity contribution in [3.05, 3.63) is 66.2 Å². The number of aliphatic carboxylic acids is 2. The van der Waals surface area contributed by atoms with Gasteiger partial charge in [0, 0.05) is 23.1 Å². The number of hydrogen-bond donors (Lipinski definition) is 6. The third kappa shape index (κ3) is 8.12. The molecule has 41 heavy (non-hydrogen) atoms. The number of hydrogen-bond acceptors (Lipinski definition) is 8. The highest BCUT2D eigenvalue weighted by molar-refractivity contribution is 6.27. The Labute approximate surface area is 228 Å². The predicted octanol–water partition coefficient (Wildman–Crippen LogP) is 2.77. The van der Waals surface area contributed by atoms with E-state index in [1.54, 1.807) is 49.4 Å². The Morgan fingerprint density at radius 1 is 1.00 bits per heavy atom. The largest absolute Gasteiger partial charge is 0.473 e. The lowest BCUT2D eigenvalue weighted by Crippen LogP contribution is -2.33. The van der Waals surface area contributed by atoms with Crippen molar-refractivity contribution < 1.29 is 42.6 Å². The third-order valence-electron chi connectivity index (χ3n) is 5.04. The van der Waals surface area contributed by atoms with Crippen LogP contribution in [-0.2, 0) is 9.59 Å². The van der Waals surface area contributed by atoms with Gasteiger partial charge in [0.05, 0.1) is 5.56 Å². The number of aromatic nitrogens is 4. The zero-order valence-corrected chi connectivity index (χ0v) is 20.9. The highest BCUT2D eigenvalue weighted by Crippen LogP contribution is 2.33. The molecule has 14 nitrogen and oxygen atoms in total. The van der Waals surface area contributed by atoms with E-state index in [1.165, 1.54) is 10.7 Å². The minimum Gasteiger partial charge on any atom is -0.473 e. The summed E-state index contributed by atoms with van der Waals surface area (Å²) in [5, 5.41) is 25.9. The average molecular weight is 574 g/mol. The number of urea groups is 1. The van der Waals surface area contributed by atoms with Crippen LogP contribution < -0.4 is 21.7 Å². The van der Waals surface area contributed by atoms with Crippen LogP contribution in [-0.4, -0.2) is 66.4 Å². The quantitative estimate of drug-likeness (QED) is 0.192. The topological polar surface area (TPSA) is 214 Å². The number of nitrogen functional groups attached to an aromatic ring is 1. The van der Waals surface area contributed by atoms with E-state index in [0.717, 1.165) is 12.0 Å². The molecule has 0 spiro atoms. The minimum absolute atomic E-state index is 0.0390. The fourth-order valence-electron chi connectivity index (χ4n) is 3.39. The molecule has 3 amide bonds. The van der Waals surface area contributed by atoms with Crippen molar-refractivity contribution in [2.24, 2.45) is 0 Å². The molecule has 4 aromatic rings. The highest BCUT2D eigenvalue weighted by atomic mass is 19.4. The van der Waals surface area contributed by atoms with Crippen LogP contribution in [0.1, 0.15) is 16.1 Å². The molecular formula is C24H21F3N8O6. The molecule has 0 atom stereocenters. The van der Waals surface area contributed by atoms with Gasteiger partial charge in [-0.05, 0) is 36.8 Å². The number of halogens is 3. The highest BCUT2D eigenvalue weighted by Gasteiger charge is 2.29. The van der Waals surface area contributed by atoms with E-state index in [-0.39, 0.29) is 22.5 Å². The molecule has 1 aromatic carbocycles. The molecule has 0 bridgehead atoms. The number of aryl methyl sites for hydroxylation is 1. The van der Waals surface area contributed by atoms with Crippen LogP contribution >= 0.6 is 0 Å². The van der Waals surface area contributed by atoms with Gasteiger partial charge in [0.1, 0.15) is 24.2 Å². The van der Waals surface area contributed by atoms with Crippen molar-refractivity contribution in [3.8, 4) is 11.1 Å². The molecule has 3 heterocycles. The molecule has 0 saturated heterocycles. The van der Waals surface area contributed by atoms with Crippen LogP contribution in [0.25, 0.3) is 16.6 Å². The van der Waals surface area contributed by atoms with Gasteiger partial charge in [0.15, 0.2) is 5.82 Å². The van der Waals surface area contributed by atoms with Crippen molar-refractivity contribution in [3.63, 3.8) is 0 Å². The van der Waals surface area contributed by atoms with E-state index in [9.17, 15) is 22.8 Å². The molecule has 0 unspecified atom stereocenters. The number of nitrogens with two attached hydrogens (primary N) is 1. The lowest BCUT2D eigenvalue weighted by Gasteiger charge is -2.11. The Bertz CT molecular complexity index is 1590. The maximum atomic E-state index is 12.6. The van der Waals surface area contributed by atoms with Gasteiger partial charge in [0.25, 0.3) is 5.91 Å². The summed E-state index contributed by atoms with van der Waals surface area (Å²) in [4.78, 5) is 51.2. The van der Waals surface area contributed by atoms with Crippen LogP contribution in [0.4, 0.5) is 35.3 Å². The lowest BCUT2D eigenvalue weighted by atomic mass is 10.0. The maximum absolute atomic E-state index is 12.6. The van der Waals surface area contributed by atoms with Gasteiger partial charge < -0.3 is 26.6 Å². The Morgan fingerprint density at radius 3 is 2.24 bits per heavy atom. The summed E-state index contributed by atoms with van der Waals surface area (Å²) < 4.78 is 39.1. The number of pyridine rings is 1. The smallest absolute Gasteiger partial charge is 0.414 e. The standard InChI is InChI=1S/C22H19F3N8O2.C2H2O4/c1-12-3-2-4-16(30-12)32-21(35)31-14-7-5-13(6-8-14)17-15(20(34)27-10-22(23,24)25)9-33-18(17)19(26)28-11-29-33;3-1(4)2(5)6/h2-9,11H,10H2,1H3,(H,27,34)(H2,26,28,29)(H2,30,31,32,35);(H,3,4)(H,5,6). The zero-order valence-electron chi connectivity index (χ0n) is 20.9. The summed E-state index contributed by atoms with van der Waals surface area (Å²) in [7, 11) is 0. The van der Waals surface area contributed by atoms with Crippen LogP contribution in [0, 0.1) is 6.92 Å². The Hall–Kier alpha value is -5.74. The van der Waals surface area contributed by atoms with E-state index < -0.39 is 36.6 Å². The number of alkyl halides is 3. The zero-order chi connectivity index (χ0) is 30.3. The lowest BCUT2D eigenvalue weighted by molar-refractivity contribution is -0.159. The SMILES string of the molecule is Cc1cccc(NC(=O)Nc2ccc(-c3c(C(=O)NCC(F)(F)F)cn4ncnc(N)c34)cc2)n1.O=C(O)C(=O)O. The molecule has 0 aliphatic rings. The number of rotatable bonds is 5. The van der Waals surface area contributed by atoms with E-state index in [1.807, 2.05) is 5.32 Å². The normalized spacial score (nSPS) is 10.7. The fourth-order valence-corrected chi connectivity index (χ4v) is 3.39. The van der Waals surface area contributed by atoms with Gasteiger partial charge in [-0.15, -0.1) is 0 Å². The monoisotopic (exact) mass is 574 g/mol. The van der Waals surface area contributed by atoms with Crippen LogP contribution in [0.3, 0.4) is 0 Å². The van der Waals surface area contributed by atoms with Crippen molar-refractivity contribution in [2.75, 3.05) is 22.9 Å². The molecule has 214 valence electrons. The van der Waals surface area contributed by atoms with Crippen LogP contribution in [0.2, 0.25) is 0 Å². The average Bonchev–Trinajstić information content (AvgIpc) is 3.29. The van der Waals surface area contributed by atoms with Crippen molar-refractivity contribution in [1.82, 2.24) is 24.9 Å². The summed E-state index contributed by atoms with van der Waals surface area (Å²) in [5.74, 6) is -4.18. The third-order valence-corrected chi connectivity index (χ3v) is 5.04. The number of carboxylic acid groups (broad SMARTS) is 2. The van der Waals surface area contributed by atoms with Crippen LogP contribution in [0.5, 0.6) is 0 Å². The second-order valence-corrected chi connectivity index (χ2v) is 8.09. The molecule has 0 fully saturated rings. The van der Waals surface area contributed by atoms with Crippen molar-refractivity contribution in [2.45, 2.75) is 13.1 Å². The first-order chi connectivity index (χ1) is 19.2. The minimum atomic E-state index is -4.57. The molecule has 7 N–H and O–H groups in total. The van der Waals surface area contributed by atoms with E-state index >= 15 is 0 Å². The molecule has 0 radical (unpaired) electrons.